The average molecular weight is 371 g/mol. The van der Waals surface area contributed by atoms with Crippen LogP contribution in [0.15, 0.2) is 48.5 Å². The fourth-order valence-electron chi connectivity index (χ4n) is 2.66. The molecule has 7 heteroatoms. The number of amides is 1. The Morgan fingerprint density at radius 3 is 2.56 bits per heavy atom. The van der Waals surface area contributed by atoms with E-state index in [2.05, 4.69) is 10.4 Å². The summed E-state index contributed by atoms with van der Waals surface area (Å²) in [6, 6.07) is 12.3. The van der Waals surface area contributed by atoms with Gasteiger partial charge >= 0.3 is 0 Å². The average Bonchev–Trinajstić information content (AvgIpc) is 2.96. The third-order valence-corrected chi connectivity index (χ3v) is 3.94. The topological polar surface area (TPSA) is 56.2 Å². The number of hydrogen-bond acceptors (Lipinski definition) is 3. The van der Waals surface area contributed by atoms with Crippen molar-refractivity contribution in [1.82, 2.24) is 9.78 Å². The number of halogens is 2. The van der Waals surface area contributed by atoms with Crippen LogP contribution in [0.25, 0.3) is 5.69 Å². The van der Waals surface area contributed by atoms with Gasteiger partial charge in [0.05, 0.1) is 11.4 Å². The summed E-state index contributed by atoms with van der Waals surface area (Å²) in [5.41, 5.74) is 3.26. The van der Waals surface area contributed by atoms with Crippen molar-refractivity contribution in [3.63, 3.8) is 0 Å². The lowest BCUT2D eigenvalue weighted by molar-refractivity contribution is -0.122. The summed E-state index contributed by atoms with van der Waals surface area (Å²) in [4.78, 5) is 12.4. The summed E-state index contributed by atoms with van der Waals surface area (Å²) in [7, 11) is 0. The Hall–Kier alpha value is -3.22. The van der Waals surface area contributed by atoms with Crippen LogP contribution in [0.4, 0.5) is 14.5 Å². The van der Waals surface area contributed by atoms with E-state index in [9.17, 15) is 13.6 Å². The molecule has 0 aliphatic heterocycles. The van der Waals surface area contributed by atoms with Gasteiger partial charge in [0.2, 0.25) is 0 Å². The van der Waals surface area contributed by atoms with Crippen LogP contribution in [0.3, 0.4) is 0 Å². The molecule has 1 amide bonds. The number of aromatic nitrogens is 2. The van der Waals surface area contributed by atoms with Crippen molar-refractivity contribution in [2.45, 2.75) is 26.9 Å². The van der Waals surface area contributed by atoms with E-state index in [0.717, 1.165) is 29.2 Å². The van der Waals surface area contributed by atoms with Gasteiger partial charge in [0.1, 0.15) is 5.75 Å². The molecule has 0 bridgehead atoms. The van der Waals surface area contributed by atoms with Gasteiger partial charge < -0.3 is 10.1 Å². The van der Waals surface area contributed by atoms with Crippen LogP contribution >= 0.6 is 0 Å². The molecular formula is C20H19F2N3O2. The van der Waals surface area contributed by atoms with Crippen LogP contribution in [0.1, 0.15) is 18.3 Å². The summed E-state index contributed by atoms with van der Waals surface area (Å²) in [6.45, 7) is 5.39. The fourth-order valence-corrected chi connectivity index (χ4v) is 2.66. The normalized spacial score (nSPS) is 11.9. The monoisotopic (exact) mass is 371 g/mol. The molecular weight excluding hydrogens is 352 g/mol. The summed E-state index contributed by atoms with van der Waals surface area (Å²) < 4.78 is 33.4. The highest BCUT2D eigenvalue weighted by Crippen LogP contribution is 2.19. The molecule has 27 heavy (non-hydrogen) atoms. The molecule has 3 aromatic rings. The van der Waals surface area contributed by atoms with Gasteiger partial charge in [0.25, 0.3) is 5.91 Å². The number of rotatable bonds is 5. The highest BCUT2D eigenvalue weighted by Gasteiger charge is 2.16. The first-order chi connectivity index (χ1) is 12.8. The Labute approximate surface area is 155 Å². The maximum Gasteiger partial charge on any atom is 0.265 e. The van der Waals surface area contributed by atoms with E-state index < -0.39 is 23.6 Å². The molecule has 0 radical (unpaired) electrons. The molecule has 1 unspecified atom stereocenters. The quantitative estimate of drug-likeness (QED) is 0.732. The summed E-state index contributed by atoms with van der Waals surface area (Å²) in [6.07, 6.45) is -0.896. The van der Waals surface area contributed by atoms with Crippen LogP contribution in [-0.2, 0) is 4.79 Å². The van der Waals surface area contributed by atoms with Gasteiger partial charge in [0, 0.05) is 17.4 Å². The summed E-state index contributed by atoms with van der Waals surface area (Å²) >= 11 is 0. The zero-order valence-electron chi connectivity index (χ0n) is 15.2. The Kier molecular flexibility index (Phi) is 5.21. The predicted molar refractivity (Wildman–Crippen MR) is 98.1 cm³/mol. The zero-order chi connectivity index (χ0) is 19.6. The molecule has 0 spiro atoms. The first-order valence-electron chi connectivity index (χ1n) is 8.40. The number of hydrogen-bond donors (Lipinski definition) is 1. The highest BCUT2D eigenvalue weighted by molar-refractivity contribution is 5.94. The molecule has 0 aliphatic carbocycles. The molecule has 5 nitrogen and oxygen atoms in total. The fraction of sp³-hybridized carbons (Fsp3) is 0.200. The minimum Gasteiger partial charge on any atom is -0.481 e. The lowest BCUT2D eigenvalue weighted by Crippen LogP contribution is -2.30. The molecule has 2 aromatic carbocycles. The Balaban J connectivity index is 1.71. The molecule has 0 aliphatic rings. The van der Waals surface area contributed by atoms with E-state index in [0.29, 0.717) is 5.69 Å². The van der Waals surface area contributed by atoms with E-state index in [1.54, 1.807) is 16.8 Å². The van der Waals surface area contributed by atoms with Crippen molar-refractivity contribution < 1.29 is 18.3 Å². The van der Waals surface area contributed by atoms with Gasteiger partial charge in [-0.3, -0.25) is 4.79 Å². The van der Waals surface area contributed by atoms with Crippen LogP contribution < -0.4 is 10.1 Å². The Morgan fingerprint density at radius 1 is 1.11 bits per heavy atom. The molecule has 1 atom stereocenters. The second kappa shape index (κ2) is 7.57. The van der Waals surface area contributed by atoms with Crippen LogP contribution in [0.2, 0.25) is 0 Å². The predicted octanol–water partition coefficient (Wildman–Crippen LogP) is 4.17. The Morgan fingerprint density at radius 2 is 1.89 bits per heavy atom. The molecule has 1 heterocycles. The van der Waals surface area contributed by atoms with Gasteiger partial charge in [-0.2, -0.15) is 5.10 Å². The molecule has 0 saturated heterocycles. The third-order valence-electron chi connectivity index (χ3n) is 3.94. The lowest BCUT2D eigenvalue weighted by atomic mass is 10.2. The minimum absolute atomic E-state index is 0.0768. The number of benzene rings is 2. The van der Waals surface area contributed by atoms with Crippen molar-refractivity contribution in [3.05, 3.63) is 71.6 Å². The number of nitrogens with zero attached hydrogens (tertiary/aromatic N) is 2. The van der Waals surface area contributed by atoms with Gasteiger partial charge in [-0.1, -0.05) is 6.07 Å². The van der Waals surface area contributed by atoms with Crippen LogP contribution in [0.5, 0.6) is 5.75 Å². The Bertz CT molecular complexity index is 985. The minimum atomic E-state index is -1.03. The standard InChI is InChI=1S/C20H19F2N3O2/c1-12-9-13(2)25(24-12)16-6-4-5-15(10-16)23-20(26)14(3)27-17-7-8-18(21)19(22)11-17/h4-11,14H,1-3H3,(H,23,26). The number of ether oxygens (including phenoxy) is 1. The molecule has 0 saturated carbocycles. The number of carbonyl (C=O) groups is 1. The van der Waals surface area contributed by atoms with Crippen molar-refractivity contribution in [3.8, 4) is 11.4 Å². The lowest BCUT2D eigenvalue weighted by Gasteiger charge is -2.15. The van der Waals surface area contributed by atoms with Gasteiger partial charge in [-0.25, -0.2) is 13.5 Å². The van der Waals surface area contributed by atoms with E-state index in [4.69, 9.17) is 4.74 Å². The number of anilines is 1. The van der Waals surface area contributed by atoms with Gasteiger partial charge in [0.15, 0.2) is 17.7 Å². The summed E-state index contributed by atoms with van der Waals surface area (Å²) in [5.74, 6) is -2.34. The maximum atomic E-state index is 13.3. The number of nitrogens with one attached hydrogen (secondary N) is 1. The van der Waals surface area contributed by atoms with Crippen molar-refractivity contribution >= 4 is 11.6 Å². The summed E-state index contributed by atoms with van der Waals surface area (Å²) in [5, 5.41) is 7.17. The molecule has 0 fully saturated rings. The number of aryl methyl sites for hydroxylation is 2. The smallest absolute Gasteiger partial charge is 0.265 e. The third kappa shape index (κ3) is 4.31. The maximum absolute atomic E-state index is 13.3. The van der Waals surface area contributed by atoms with Crippen LogP contribution in [-0.4, -0.2) is 21.8 Å². The molecule has 1 aromatic heterocycles. The molecule has 3 rings (SSSR count). The second-order valence-corrected chi connectivity index (χ2v) is 6.21. The zero-order valence-corrected chi connectivity index (χ0v) is 15.2. The highest BCUT2D eigenvalue weighted by atomic mass is 19.2. The van der Waals surface area contributed by atoms with E-state index in [1.165, 1.54) is 13.0 Å². The van der Waals surface area contributed by atoms with Crippen molar-refractivity contribution in [1.29, 1.82) is 0 Å². The van der Waals surface area contributed by atoms with Crippen LogP contribution in [0, 0.1) is 25.5 Å². The van der Waals surface area contributed by atoms with Crippen molar-refractivity contribution in [2.24, 2.45) is 0 Å². The first kappa shape index (κ1) is 18.6. The van der Waals surface area contributed by atoms with E-state index >= 15 is 0 Å². The van der Waals surface area contributed by atoms with Gasteiger partial charge in [-0.05, 0) is 57.2 Å². The molecule has 1 N–H and O–H groups in total. The SMILES string of the molecule is Cc1cc(C)n(-c2cccc(NC(=O)C(C)Oc3ccc(F)c(F)c3)c2)n1. The van der Waals surface area contributed by atoms with Gasteiger partial charge in [-0.15, -0.1) is 0 Å². The largest absolute Gasteiger partial charge is 0.481 e. The first-order valence-corrected chi connectivity index (χ1v) is 8.40. The number of carbonyl (C=O) groups excluding carboxylic acids is 1. The van der Waals surface area contributed by atoms with E-state index in [-0.39, 0.29) is 5.75 Å². The second-order valence-electron chi connectivity index (χ2n) is 6.21. The van der Waals surface area contributed by atoms with E-state index in [1.807, 2.05) is 32.0 Å². The molecule has 140 valence electrons. The van der Waals surface area contributed by atoms with Crippen molar-refractivity contribution in [2.75, 3.05) is 5.32 Å².